The average molecular weight is 628 g/mol. The molecule has 1 aromatic carbocycles. The third kappa shape index (κ3) is 2.67. The van der Waals surface area contributed by atoms with Crippen molar-refractivity contribution >= 4 is 23.6 Å². The Hall–Kier alpha value is -3.50. The number of halogens is 4. The summed E-state index contributed by atoms with van der Waals surface area (Å²) in [4.78, 5) is 42.2. The van der Waals surface area contributed by atoms with E-state index in [2.05, 4.69) is 10.0 Å². The number of benzene rings is 1. The lowest BCUT2D eigenvalue weighted by molar-refractivity contribution is -0.240. The first kappa shape index (κ1) is 29.2. The lowest BCUT2D eigenvalue weighted by Gasteiger charge is -2.48. The summed E-state index contributed by atoms with van der Waals surface area (Å²) in [6, 6.07) is 0. The zero-order valence-electron chi connectivity index (χ0n) is 23.5. The van der Waals surface area contributed by atoms with Gasteiger partial charge in [0.2, 0.25) is 11.9 Å². The van der Waals surface area contributed by atoms with Crippen molar-refractivity contribution in [2.75, 3.05) is 0 Å². The van der Waals surface area contributed by atoms with Gasteiger partial charge < -0.3 is 33.9 Å². The smallest absolute Gasteiger partial charge is 0.343 e. The molecule has 5 unspecified atom stereocenters. The SMILES string of the molecule is C[C@@H]1C(=O)OC2[C@H](O)C34C5C[C@@H](C(C)(C)C)C36C(OC(=O)[C@@H]6OCc3c(F)c(F)c(N=[N+]=[N-])c(F)c3F)O[C@@]4(C(=O)O5)[C@]21O. The third-order valence-electron chi connectivity index (χ3n) is 10.8. The minimum atomic E-state index is -2.51. The van der Waals surface area contributed by atoms with Crippen LogP contribution in [0, 0.1) is 51.3 Å². The minimum Gasteiger partial charge on any atom is -0.459 e. The lowest BCUT2D eigenvalue weighted by atomic mass is 9.51. The van der Waals surface area contributed by atoms with Crippen molar-refractivity contribution in [3.8, 4) is 0 Å². The Morgan fingerprint density at radius 2 is 1.68 bits per heavy atom. The van der Waals surface area contributed by atoms with E-state index in [1.165, 1.54) is 6.92 Å². The average Bonchev–Trinajstić information content (AvgIpc) is 3.67. The zero-order valence-corrected chi connectivity index (χ0v) is 23.5. The molecule has 236 valence electrons. The number of ether oxygens (including phenoxy) is 5. The van der Waals surface area contributed by atoms with Gasteiger partial charge >= 0.3 is 17.9 Å². The van der Waals surface area contributed by atoms with Crippen LogP contribution in [-0.2, 0) is 44.7 Å². The maximum Gasteiger partial charge on any atom is 0.343 e. The first-order valence-corrected chi connectivity index (χ1v) is 13.7. The van der Waals surface area contributed by atoms with Crippen molar-refractivity contribution < 1.29 is 65.8 Å². The molecule has 1 aromatic rings. The van der Waals surface area contributed by atoms with E-state index in [0.717, 1.165) is 0 Å². The van der Waals surface area contributed by atoms with E-state index < -0.39 is 129 Å². The van der Waals surface area contributed by atoms with Gasteiger partial charge in [0, 0.05) is 4.91 Å². The number of rotatable bonds is 4. The van der Waals surface area contributed by atoms with Gasteiger partial charge in [-0.3, -0.25) is 4.79 Å². The van der Waals surface area contributed by atoms with Crippen LogP contribution in [0.1, 0.15) is 39.7 Å². The molecule has 4 aliphatic heterocycles. The number of esters is 3. The van der Waals surface area contributed by atoms with Gasteiger partial charge in [-0.2, -0.15) is 0 Å². The second-order valence-corrected chi connectivity index (χ2v) is 13.2. The highest BCUT2D eigenvalue weighted by Gasteiger charge is 3.04. The number of azide groups is 1. The number of carbonyl (C=O) groups is 3. The highest BCUT2D eigenvalue weighted by Crippen LogP contribution is 2.84. The van der Waals surface area contributed by atoms with Crippen LogP contribution in [0.15, 0.2) is 5.11 Å². The first-order chi connectivity index (χ1) is 20.5. The van der Waals surface area contributed by atoms with Gasteiger partial charge in [-0.25, -0.2) is 27.2 Å². The maximum absolute atomic E-state index is 15.0. The Morgan fingerprint density at radius 1 is 1.05 bits per heavy atom. The summed E-state index contributed by atoms with van der Waals surface area (Å²) in [5, 5.41) is 26.9. The van der Waals surface area contributed by atoms with Crippen molar-refractivity contribution in [1.29, 1.82) is 0 Å². The van der Waals surface area contributed by atoms with Gasteiger partial charge in [0.1, 0.15) is 17.9 Å². The number of aliphatic hydroxyl groups excluding tert-OH is 1. The van der Waals surface area contributed by atoms with Crippen LogP contribution in [0.4, 0.5) is 23.2 Å². The molecule has 6 fully saturated rings. The molecule has 2 spiro atoms. The lowest BCUT2D eigenvalue weighted by Crippen LogP contribution is -2.67. The second kappa shape index (κ2) is 8.40. The van der Waals surface area contributed by atoms with Crippen LogP contribution in [0.3, 0.4) is 0 Å². The highest BCUT2D eigenvalue weighted by atomic mass is 19.2. The van der Waals surface area contributed by atoms with Gasteiger partial charge in [-0.15, -0.1) is 0 Å². The van der Waals surface area contributed by atoms with Crippen LogP contribution in [0.25, 0.3) is 10.4 Å². The molecule has 11 atom stereocenters. The molecule has 7 rings (SSSR count). The predicted molar refractivity (Wildman–Crippen MR) is 130 cm³/mol. The maximum atomic E-state index is 15.0. The van der Waals surface area contributed by atoms with Crippen LogP contribution in [0.2, 0.25) is 0 Å². The molecule has 13 nitrogen and oxygen atoms in total. The normalized spacial score (nSPS) is 44.5. The summed E-state index contributed by atoms with van der Waals surface area (Å²) in [5.74, 6) is -13.4. The van der Waals surface area contributed by atoms with E-state index in [1.54, 1.807) is 20.8 Å². The summed E-state index contributed by atoms with van der Waals surface area (Å²) < 4.78 is 87.8. The molecule has 44 heavy (non-hydrogen) atoms. The number of aliphatic hydroxyl groups is 2. The molecule has 4 heterocycles. The quantitative estimate of drug-likeness (QED) is 0.0955. The zero-order chi connectivity index (χ0) is 32.1. The van der Waals surface area contributed by atoms with E-state index in [-0.39, 0.29) is 6.42 Å². The Morgan fingerprint density at radius 3 is 2.27 bits per heavy atom. The number of carbonyl (C=O) groups excluding carboxylic acids is 3. The molecule has 2 N–H and O–H groups in total. The Kier molecular flexibility index (Phi) is 5.58. The molecule has 0 radical (unpaired) electrons. The molecular weight excluding hydrogens is 602 g/mol. The van der Waals surface area contributed by atoms with Crippen molar-refractivity contribution in [2.24, 2.45) is 33.2 Å². The van der Waals surface area contributed by atoms with Crippen LogP contribution >= 0.6 is 0 Å². The topological polar surface area (TPSA) is 187 Å². The first-order valence-electron chi connectivity index (χ1n) is 13.7. The number of fused-ring (bicyclic) bond motifs is 1. The molecule has 17 heteroatoms. The molecule has 2 saturated carbocycles. The number of hydrogen-bond acceptors (Lipinski definition) is 11. The van der Waals surface area contributed by atoms with E-state index in [4.69, 9.17) is 29.2 Å². The van der Waals surface area contributed by atoms with E-state index in [0.29, 0.717) is 0 Å². The summed E-state index contributed by atoms with van der Waals surface area (Å²) >= 11 is 0. The Labute approximate surface area is 244 Å². The molecular formula is C27H25F4N3O10. The van der Waals surface area contributed by atoms with Crippen LogP contribution < -0.4 is 0 Å². The monoisotopic (exact) mass is 627 g/mol. The van der Waals surface area contributed by atoms with E-state index in [1.807, 2.05) is 0 Å². The van der Waals surface area contributed by atoms with E-state index >= 15 is 0 Å². The molecule has 6 aliphatic rings. The Bertz CT molecular complexity index is 1600. The van der Waals surface area contributed by atoms with Gasteiger partial charge in [0.25, 0.3) is 0 Å². The fraction of sp³-hybridized carbons (Fsp3) is 0.667. The molecule has 0 amide bonds. The van der Waals surface area contributed by atoms with Gasteiger partial charge in [0.05, 0.1) is 28.9 Å². The van der Waals surface area contributed by atoms with Crippen molar-refractivity contribution in [2.45, 2.75) is 82.6 Å². The third-order valence-corrected chi connectivity index (χ3v) is 10.8. The van der Waals surface area contributed by atoms with Crippen molar-refractivity contribution in [3.05, 3.63) is 39.3 Å². The predicted octanol–water partition coefficient (Wildman–Crippen LogP) is 2.35. The summed E-state index contributed by atoms with van der Waals surface area (Å²) in [6.07, 6.45) is -8.50. The van der Waals surface area contributed by atoms with E-state index in [9.17, 15) is 42.2 Å². The van der Waals surface area contributed by atoms with Gasteiger partial charge in [-0.1, -0.05) is 25.9 Å². The van der Waals surface area contributed by atoms with Crippen molar-refractivity contribution in [1.82, 2.24) is 0 Å². The van der Waals surface area contributed by atoms with Gasteiger partial charge in [-0.05, 0) is 30.2 Å². The fourth-order valence-corrected chi connectivity index (χ4v) is 9.39. The number of hydrogen-bond donors (Lipinski definition) is 2. The fourth-order valence-electron chi connectivity index (χ4n) is 9.39. The molecule has 4 saturated heterocycles. The standard InChI is InChI=1S/C27H25F4N3O10/c1-7-19(36)42-17-16(35)25-10-5-9(23(2,3)4)24(25)18(20(37)43-22(24)44-27(25,21(38)41-10)26(7,17)39)40-6-8-11(28)13(30)15(33-34-32)14(31)12(8)29/h7,9-10,16-18,22,35,39H,5-6H2,1-4H3/t7-,9+,10?,16+,17?,18+,22?,24?,25?,26-,27-/m1/s1. The largest absolute Gasteiger partial charge is 0.459 e. The second-order valence-electron chi connectivity index (χ2n) is 13.2. The Balaban J connectivity index is 1.43. The number of nitrogens with zero attached hydrogens (tertiary/aromatic N) is 3. The van der Waals surface area contributed by atoms with Crippen molar-refractivity contribution in [3.63, 3.8) is 0 Å². The summed E-state index contributed by atoms with van der Waals surface area (Å²) in [7, 11) is 0. The summed E-state index contributed by atoms with van der Waals surface area (Å²) in [5.41, 5.74) is -4.15. The molecule has 2 aliphatic carbocycles. The minimum absolute atomic E-state index is 0.0254. The summed E-state index contributed by atoms with van der Waals surface area (Å²) in [6.45, 7) is 5.30. The van der Waals surface area contributed by atoms with Crippen LogP contribution in [-0.4, -0.2) is 70.0 Å². The van der Waals surface area contributed by atoms with Crippen LogP contribution in [0.5, 0.6) is 0 Å². The highest BCUT2D eigenvalue weighted by molar-refractivity contribution is 5.94. The molecule has 0 aromatic heterocycles. The molecule has 0 bridgehead atoms. The van der Waals surface area contributed by atoms with Gasteiger partial charge in [0.15, 0.2) is 41.1 Å².